The van der Waals surface area contributed by atoms with Gasteiger partial charge >= 0.3 is 0 Å². The van der Waals surface area contributed by atoms with Gasteiger partial charge in [0.15, 0.2) is 0 Å². The van der Waals surface area contributed by atoms with Gasteiger partial charge in [0.05, 0.1) is 0 Å². The SMILES string of the molecule is C=C.C=C.CCCNCCC. The highest BCUT2D eigenvalue weighted by Gasteiger charge is 1.76. The van der Waals surface area contributed by atoms with E-state index >= 15 is 0 Å². The van der Waals surface area contributed by atoms with Crippen LogP contribution in [-0.4, -0.2) is 13.1 Å². The van der Waals surface area contributed by atoms with E-state index in [0.29, 0.717) is 0 Å². The molecule has 0 aromatic heterocycles. The highest BCUT2D eigenvalue weighted by molar-refractivity contribution is 4.39. The van der Waals surface area contributed by atoms with Gasteiger partial charge in [-0.3, -0.25) is 0 Å². The zero-order valence-corrected chi connectivity index (χ0v) is 8.16. The maximum Gasteiger partial charge on any atom is -0.00516 e. The lowest BCUT2D eigenvalue weighted by Crippen LogP contribution is -2.14. The molecule has 0 unspecified atom stereocenters. The van der Waals surface area contributed by atoms with Crippen molar-refractivity contribution in [3.8, 4) is 0 Å². The molecule has 0 heterocycles. The van der Waals surface area contributed by atoms with Crippen LogP contribution in [0, 0.1) is 0 Å². The van der Waals surface area contributed by atoms with E-state index in [1.165, 1.54) is 25.9 Å². The van der Waals surface area contributed by atoms with Crippen LogP contribution in [-0.2, 0) is 0 Å². The lowest BCUT2D eigenvalue weighted by molar-refractivity contribution is 0.662. The molecular weight excluding hydrogens is 134 g/mol. The van der Waals surface area contributed by atoms with E-state index < -0.39 is 0 Å². The quantitative estimate of drug-likeness (QED) is 0.488. The molecule has 68 valence electrons. The molecule has 1 N–H and O–H groups in total. The van der Waals surface area contributed by atoms with Crippen LogP contribution < -0.4 is 5.32 Å². The summed E-state index contributed by atoms with van der Waals surface area (Å²) in [7, 11) is 0. The molecule has 0 aliphatic rings. The lowest BCUT2D eigenvalue weighted by Gasteiger charge is -1.95. The van der Waals surface area contributed by atoms with E-state index in [0.717, 1.165) is 0 Å². The molecule has 0 aromatic carbocycles. The van der Waals surface area contributed by atoms with Gasteiger partial charge in [-0.05, 0) is 25.9 Å². The molecule has 0 fully saturated rings. The Morgan fingerprint density at radius 3 is 1.27 bits per heavy atom. The van der Waals surface area contributed by atoms with Crippen molar-refractivity contribution in [2.75, 3.05) is 13.1 Å². The maximum atomic E-state index is 3.28. The zero-order valence-electron chi connectivity index (χ0n) is 8.16. The minimum Gasteiger partial charge on any atom is -0.317 e. The molecule has 0 spiro atoms. The smallest absolute Gasteiger partial charge is 0.00516 e. The Kier molecular flexibility index (Phi) is 52.1. The Balaban J connectivity index is -0.000000138. The normalized spacial score (nSPS) is 6.73. The molecule has 0 radical (unpaired) electrons. The van der Waals surface area contributed by atoms with Crippen molar-refractivity contribution in [3.05, 3.63) is 26.3 Å². The van der Waals surface area contributed by atoms with Gasteiger partial charge in [0.25, 0.3) is 0 Å². The van der Waals surface area contributed by atoms with Gasteiger partial charge in [0, 0.05) is 0 Å². The van der Waals surface area contributed by atoms with Crippen molar-refractivity contribution < 1.29 is 0 Å². The highest BCUT2D eigenvalue weighted by atomic mass is 14.8. The summed E-state index contributed by atoms with van der Waals surface area (Å²) in [5.74, 6) is 0. The highest BCUT2D eigenvalue weighted by Crippen LogP contribution is 1.71. The van der Waals surface area contributed by atoms with Crippen LogP contribution in [0.1, 0.15) is 26.7 Å². The summed E-state index contributed by atoms with van der Waals surface area (Å²) >= 11 is 0. The Labute approximate surface area is 72.2 Å². The minimum absolute atomic E-state index is 1.17. The van der Waals surface area contributed by atoms with Gasteiger partial charge in [0.1, 0.15) is 0 Å². The van der Waals surface area contributed by atoms with Crippen molar-refractivity contribution in [1.29, 1.82) is 0 Å². The van der Waals surface area contributed by atoms with Gasteiger partial charge in [0.2, 0.25) is 0 Å². The average molecular weight is 157 g/mol. The van der Waals surface area contributed by atoms with Crippen LogP contribution in [0.2, 0.25) is 0 Å². The van der Waals surface area contributed by atoms with Crippen LogP contribution >= 0.6 is 0 Å². The van der Waals surface area contributed by atoms with E-state index in [1.54, 1.807) is 0 Å². The first-order valence-corrected chi connectivity index (χ1v) is 4.12. The molecular formula is C10H23N. The van der Waals surface area contributed by atoms with Crippen molar-refractivity contribution in [3.63, 3.8) is 0 Å². The molecule has 0 aliphatic heterocycles. The van der Waals surface area contributed by atoms with Crippen molar-refractivity contribution in [2.24, 2.45) is 0 Å². The van der Waals surface area contributed by atoms with Gasteiger partial charge in [-0.1, -0.05) is 13.8 Å². The second-order valence-corrected chi connectivity index (χ2v) is 1.75. The molecule has 1 heteroatoms. The molecule has 0 amide bonds. The van der Waals surface area contributed by atoms with E-state index in [9.17, 15) is 0 Å². The Bertz CT molecular complexity index is 38.1. The summed E-state index contributed by atoms with van der Waals surface area (Å²) in [5.41, 5.74) is 0. The number of hydrogen-bond donors (Lipinski definition) is 1. The molecule has 0 aromatic rings. The van der Waals surface area contributed by atoms with Crippen LogP contribution in [0.3, 0.4) is 0 Å². The third-order valence-corrected chi connectivity index (χ3v) is 0.854. The third kappa shape index (κ3) is 44.2. The van der Waals surface area contributed by atoms with E-state index in [1.807, 2.05) is 0 Å². The molecule has 0 saturated heterocycles. The van der Waals surface area contributed by atoms with Gasteiger partial charge < -0.3 is 5.32 Å². The number of hydrogen-bond acceptors (Lipinski definition) is 1. The van der Waals surface area contributed by atoms with E-state index in [-0.39, 0.29) is 0 Å². The summed E-state index contributed by atoms with van der Waals surface area (Å²) in [4.78, 5) is 0. The first kappa shape index (κ1) is 16.8. The Morgan fingerprint density at radius 2 is 1.09 bits per heavy atom. The summed E-state index contributed by atoms with van der Waals surface area (Å²) in [6.07, 6.45) is 2.50. The van der Waals surface area contributed by atoms with Crippen LogP contribution in [0.25, 0.3) is 0 Å². The summed E-state index contributed by atoms with van der Waals surface area (Å²) < 4.78 is 0. The standard InChI is InChI=1S/C6H15N.2C2H4/c1-3-5-7-6-4-2;2*1-2/h7H,3-6H2,1-2H3;2*1-2H2. The predicted molar refractivity (Wildman–Crippen MR) is 56.0 cm³/mol. The summed E-state index contributed by atoms with van der Waals surface area (Å²) in [6, 6.07) is 0. The van der Waals surface area contributed by atoms with E-state index in [2.05, 4.69) is 45.5 Å². The second-order valence-electron chi connectivity index (χ2n) is 1.75. The summed E-state index contributed by atoms with van der Waals surface area (Å²) in [6.45, 7) is 18.7. The topological polar surface area (TPSA) is 12.0 Å². The van der Waals surface area contributed by atoms with Crippen LogP contribution in [0.5, 0.6) is 0 Å². The van der Waals surface area contributed by atoms with Crippen LogP contribution in [0.4, 0.5) is 0 Å². The Hall–Kier alpha value is -0.560. The first-order valence-electron chi connectivity index (χ1n) is 4.12. The van der Waals surface area contributed by atoms with Crippen molar-refractivity contribution in [1.82, 2.24) is 5.32 Å². The van der Waals surface area contributed by atoms with E-state index in [4.69, 9.17) is 0 Å². The molecule has 0 bridgehead atoms. The number of nitrogens with one attached hydrogen (secondary N) is 1. The lowest BCUT2D eigenvalue weighted by atomic mass is 10.4. The van der Waals surface area contributed by atoms with Crippen molar-refractivity contribution in [2.45, 2.75) is 26.7 Å². The Morgan fingerprint density at radius 1 is 0.818 bits per heavy atom. The molecule has 0 aliphatic carbocycles. The molecule has 0 rings (SSSR count). The average Bonchev–Trinajstić information content (AvgIpc) is 2.13. The second kappa shape index (κ2) is 34.1. The maximum absolute atomic E-state index is 3.28. The van der Waals surface area contributed by atoms with Crippen molar-refractivity contribution >= 4 is 0 Å². The molecule has 1 nitrogen and oxygen atoms in total. The molecule has 0 atom stereocenters. The fourth-order valence-corrected chi connectivity index (χ4v) is 0.479. The monoisotopic (exact) mass is 157 g/mol. The van der Waals surface area contributed by atoms with Crippen LogP contribution in [0.15, 0.2) is 26.3 Å². The van der Waals surface area contributed by atoms with Gasteiger partial charge in [-0.25, -0.2) is 0 Å². The third-order valence-electron chi connectivity index (χ3n) is 0.854. The largest absolute Gasteiger partial charge is 0.317 e. The molecule has 0 saturated carbocycles. The molecule has 11 heavy (non-hydrogen) atoms. The number of rotatable bonds is 4. The summed E-state index contributed by atoms with van der Waals surface area (Å²) in [5, 5.41) is 3.28. The minimum atomic E-state index is 1.17. The first-order chi connectivity index (χ1) is 5.41. The zero-order chi connectivity index (χ0) is 9.54. The fraction of sp³-hybridized carbons (Fsp3) is 0.600. The predicted octanol–water partition coefficient (Wildman–Crippen LogP) is 3.00. The fourth-order valence-electron chi connectivity index (χ4n) is 0.479. The van der Waals surface area contributed by atoms with Gasteiger partial charge in [-0.15, -0.1) is 26.3 Å². The van der Waals surface area contributed by atoms with Gasteiger partial charge in [-0.2, -0.15) is 0 Å².